The first-order chi connectivity index (χ1) is 18.8. The molecule has 0 bridgehead atoms. The van der Waals surface area contributed by atoms with Gasteiger partial charge in [-0.05, 0) is 12.8 Å². The number of hydrogen-bond acceptors (Lipinski definition) is 9. The van der Waals surface area contributed by atoms with Gasteiger partial charge in [-0.25, -0.2) is 4.57 Å². The Labute approximate surface area is 235 Å². The average Bonchev–Trinajstić information content (AvgIpc) is 2.92. The summed E-state index contributed by atoms with van der Waals surface area (Å²) in [4.78, 5) is 33.8. The molecule has 0 aliphatic heterocycles. The Morgan fingerprint density at radius 2 is 0.897 bits per heavy atom. The molecule has 0 spiro atoms. The second-order valence-electron chi connectivity index (χ2n) is 10.1. The van der Waals surface area contributed by atoms with Crippen LogP contribution in [0.3, 0.4) is 0 Å². The van der Waals surface area contributed by atoms with E-state index in [2.05, 4.69) is 13.8 Å². The Bertz CT molecular complexity index is 646. The molecule has 0 aromatic heterocycles. The highest BCUT2D eigenvalue weighted by molar-refractivity contribution is 7.47. The van der Waals surface area contributed by atoms with E-state index in [4.69, 9.17) is 18.5 Å². The number of carbonyl (C=O) groups is 2. The van der Waals surface area contributed by atoms with Crippen molar-refractivity contribution < 1.29 is 47.8 Å². The van der Waals surface area contributed by atoms with Crippen molar-refractivity contribution in [2.75, 3.05) is 26.4 Å². The lowest BCUT2D eigenvalue weighted by atomic mass is 10.0. The summed E-state index contributed by atoms with van der Waals surface area (Å²) in [6.45, 7) is 2.01. The quantitative estimate of drug-likeness (QED) is 0.0570. The molecule has 3 unspecified atom stereocenters. The molecule has 0 heterocycles. The highest BCUT2D eigenvalue weighted by Gasteiger charge is 2.27. The van der Waals surface area contributed by atoms with Crippen molar-refractivity contribution in [3.8, 4) is 0 Å². The SMILES string of the molecule is CCCCCCCCCCCCCCC(=O)OC(CO)COP(=O)(O)OCC(CO)OC(=O)CCCCCC. The van der Waals surface area contributed by atoms with Crippen molar-refractivity contribution in [3.05, 3.63) is 0 Å². The molecule has 0 aromatic carbocycles. The third kappa shape index (κ3) is 24.5. The molecule has 0 saturated heterocycles. The van der Waals surface area contributed by atoms with E-state index in [9.17, 15) is 29.3 Å². The third-order valence-electron chi connectivity index (χ3n) is 6.32. The lowest BCUT2D eigenvalue weighted by Crippen LogP contribution is -2.28. The fraction of sp³-hybridized carbons (Fsp3) is 0.929. The number of carbonyl (C=O) groups excluding carboxylic acids is 2. The Kier molecular flexibility index (Phi) is 25.2. The first kappa shape index (κ1) is 38.0. The van der Waals surface area contributed by atoms with Crippen LogP contribution in [-0.2, 0) is 32.7 Å². The molecule has 0 fully saturated rings. The van der Waals surface area contributed by atoms with Crippen LogP contribution in [-0.4, -0.2) is 65.7 Å². The number of unbranched alkanes of at least 4 members (excludes halogenated alkanes) is 14. The van der Waals surface area contributed by atoms with Crippen LogP contribution < -0.4 is 0 Å². The summed E-state index contributed by atoms with van der Waals surface area (Å²) in [5, 5.41) is 18.8. The second kappa shape index (κ2) is 25.9. The van der Waals surface area contributed by atoms with E-state index in [1.54, 1.807) is 0 Å². The highest BCUT2D eigenvalue weighted by atomic mass is 31.2. The number of ether oxygens (including phenoxy) is 2. The van der Waals surface area contributed by atoms with E-state index in [-0.39, 0.29) is 12.8 Å². The molecule has 11 heteroatoms. The van der Waals surface area contributed by atoms with Crippen LogP contribution in [0.4, 0.5) is 0 Å². The zero-order chi connectivity index (χ0) is 29.2. The van der Waals surface area contributed by atoms with Crippen LogP contribution in [0.5, 0.6) is 0 Å². The maximum absolute atomic E-state index is 12.1. The molecule has 0 aliphatic carbocycles. The lowest BCUT2D eigenvalue weighted by molar-refractivity contribution is -0.153. The van der Waals surface area contributed by atoms with Gasteiger partial charge in [0.15, 0.2) is 0 Å². The molecule has 10 nitrogen and oxygen atoms in total. The molecule has 3 atom stereocenters. The summed E-state index contributed by atoms with van der Waals surface area (Å²) in [5.74, 6) is -1.03. The van der Waals surface area contributed by atoms with Crippen LogP contribution in [0.25, 0.3) is 0 Å². The molecular weight excluding hydrogens is 527 g/mol. The minimum Gasteiger partial charge on any atom is -0.457 e. The lowest BCUT2D eigenvalue weighted by Gasteiger charge is -2.20. The molecule has 3 N–H and O–H groups in total. The maximum atomic E-state index is 12.1. The Morgan fingerprint density at radius 1 is 0.590 bits per heavy atom. The monoisotopic (exact) mass is 582 g/mol. The first-order valence-corrected chi connectivity index (χ1v) is 16.5. The molecule has 232 valence electrons. The van der Waals surface area contributed by atoms with Crippen LogP contribution in [0.1, 0.15) is 129 Å². The normalized spacial score (nSPS) is 14.5. The summed E-state index contributed by atoms with van der Waals surface area (Å²) in [7, 11) is -4.60. The maximum Gasteiger partial charge on any atom is 0.472 e. The highest BCUT2D eigenvalue weighted by Crippen LogP contribution is 2.43. The minimum absolute atomic E-state index is 0.187. The Morgan fingerprint density at radius 3 is 1.23 bits per heavy atom. The average molecular weight is 583 g/mol. The van der Waals surface area contributed by atoms with Gasteiger partial charge in [0.2, 0.25) is 0 Å². The number of phosphoric acid groups is 1. The summed E-state index contributed by atoms with van der Waals surface area (Å²) in [5.41, 5.74) is 0. The van der Waals surface area contributed by atoms with Crippen molar-refractivity contribution in [1.29, 1.82) is 0 Å². The van der Waals surface area contributed by atoms with Gasteiger partial charge in [-0.2, -0.15) is 0 Å². The zero-order valence-electron chi connectivity index (χ0n) is 24.4. The van der Waals surface area contributed by atoms with Gasteiger partial charge in [0.25, 0.3) is 0 Å². The van der Waals surface area contributed by atoms with Crippen LogP contribution in [0.2, 0.25) is 0 Å². The van der Waals surface area contributed by atoms with E-state index in [1.165, 1.54) is 51.4 Å². The third-order valence-corrected chi connectivity index (χ3v) is 7.27. The molecular formula is C28H55O10P. The molecule has 39 heavy (non-hydrogen) atoms. The van der Waals surface area contributed by atoms with Gasteiger partial charge in [0.05, 0.1) is 26.4 Å². The number of hydrogen-bond donors (Lipinski definition) is 3. The zero-order valence-corrected chi connectivity index (χ0v) is 25.3. The van der Waals surface area contributed by atoms with E-state index < -0.39 is 58.4 Å². The van der Waals surface area contributed by atoms with Crippen LogP contribution in [0.15, 0.2) is 0 Å². The van der Waals surface area contributed by atoms with Gasteiger partial charge in [0.1, 0.15) is 12.2 Å². The molecule has 0 saturated carbocycles. The number of aliphatic hydroxyl groups is 2. The summed E-state index contributed by atoms with van der Waals surface area (Å²) in [6, 6.07) is 0. The van der Waals surface area contributed by atoms with Crippen LogP contribution in [0, 0.1) is 0 Å². The molecule has 0 aromatic rings. The van der Waals surface area contributed by atoms with E-state index in [0.717, 1.165) is 38.5 Å². The molecule has 0 radical (unpaired) electrons. The topological polar surface area (TPSA) is 149 Å². The largest absolute Gasteiger partial charge is 0.472 e. The van der Waals surface area contributed by atoms with E-state index >= 15 is 0 Å². The van der Waals surface area contributed by atoms with Crippen LogP contribution >= 0.6 is 7.82 Å². The summed E-state index contributed by atoms with van der Waals surface area (Å²) >= 11 is 0. The van der Waals surface area contributed by atoms with Crippen molar-refractivity contribution in [2.24, 2.45) is 0 Å². The van der Waals surface area contributed by atoms with Gasteiger partial charge in [-0.3, -0.25) is 18.6 Å². The van der Waals surface area contributed by atoms with Crippen molar-refractivity contribution in [2.45, 2.75) is 142 Å². The minimum atomic E-state index is -4.60. The number of phosphoric ester groups is 1. The van der Waals surface area contributed by atoms with Gasteiger partial charge in [-0.15, -0.1) is 0 Å². The fourth-order valence-electron chi connectivity index (χ4n) is 3.94. The summed E-state index contributed by atoms with van der Waals surface area (Å²) in [6.07, 6.45) is 15.9. The van der Waals surface area contributed by atoms with Gasteiger partial charge < -0.3 is 24.6 Å². The smallest absolute Gasteiger partial charge is 0.457 e. The Hall–Kier alpha value is -1.03. The number of esters is 2. The fourth-order valence-corrected chi connectivity index (χ4v) is 4.72. The number of rotatable bonds is 28. The predicted octanol–water partition coefficient (Wildman–Crippen LogP) is 5.99. The van der Waals surface area contributed by atoms with E-state index in [0.29, 0.717) is 12.8 Å². The Balaban J connectivity index is 4.03. The van der Waals surface area contributed by atoms with E-state index in [1.807, 2.05) is 0 Å². The standard InChI is InChI=1S/C28H55O10P/c1-3-5-7-9-10-11-12-13-14-15-16-18-20-28(32)38-26(22-30)24-36-39(33,34)35-23-25(21-29)37-27(31)19-17-8-6-4-2/h25-26,29-30H,3-24H2,1-2H3,(H,33,34). The number of aliphatic hydroxyl groups excluding tert-OH is 2. The summed E-state index contributed by atoms with van der Waals surface area (Å²) < 4.78 is 32.0. The van der Waals surface area contributed by atoms with Crippen molar-refractivity contribution >= 4 is 19.8 Å². The van der Waals surface area contributed by atoms with Crippen molar-refractivity contribution in [3.63, 3.8) is 0 Å². The molecule has 0 aliphatic rings. The molecule has 0 rings (SSSR count). The van der Waals surface area contributed by atoms with Gasteiger partial charge in [-0.1, -0.05) is 104 Å². The predicted molar refractivity (Wildman–Crippen MR) is 150 cm³/mol. The van der Waals surface area contributed by atoms with Gasteiger partial charge >= 0.3 is 19.8 Å². The molecule has 0 amide bonds. The van der Waals surface area contributed by atoms with Gasteiger partial charge in [0, 0.05) is 12.8 Å². The second-order valence-corrected chi connectivity index (χ2v) is 11.6. The van der Waals surface area contributed by atoms with Crippen molar-refractivity contribution in [1.82, 2.24) is 0 Å². The first-order valence-electron chi connectivity index (χ1n) is 15.0.